The number of aromatic hydroxyl groups is 1. The number of allylic oxidation sites excluding steroid dienone is 4. The van der Waals surface area contributed by atoms with Crippen molar-refractivity contribution < 1.29 is 34.1 Å². The number of aromatic nitrogens is 2. The van der Waals surface area contributed by atoms with Gasteiger partial charge in [-0.1, -0.05) is 29.5 Å². The number of carbonyl (C=O) groups is 3. The Bertz CT molecular complexity index is 1910. The van der Waals surface area contributed by atoms with Crippen molar-refractivity contribution in [3.8, 4) is 11.5 Å². The number of rotatable bonds is 8. The molecule has 46 heavy (non-hydrogen) atoms. The SMILES string of the molecule is CC/C(NC(=O)C(C)(I)c1cc2c([nH]1)C(=O)C=C1N(C(=O)c3cc4cc(O)c(OC)cc4[nH]3)CC3CCC123)=C(O)\C(OC)=C(/C)N. The Balaban J connectivity index is 1.32. The first-order chi connectivity index (χ1) is 21.8. The Morgan fingerprint density at radius 1 is 1.24 bits per heavy atom. The first-order valence-corrected chi connectivity index (χ1v) is 16.0. The van der Waals surface area contributed by atoms with Crippen LogP contribution in [0.4, 0.5) is 0 Å². The van der Waals surface area contributed by atoms with E-state index in [0.29, 0.717) is 52.4 Å². The van der Waals surface area contributed by atoms with Crippen molar-refractivity contribution in [3.05, 3.63) is 81.6 Å². The number of carbonyl (C=O) groups excluding carboxylic acids is 3. The first kappa shape index (κ1) is 31.6. The summed E-state index contributed by atoms with van der Waals surface area (Å²) >= 11 is 2.04. The van der Waals surface area contributed by atoms with Gasteiger partial charge in [0.25, 0.3) is 5.91 Å². The number of alkyl halides is 1. The predicted molar refractivity (Wildman–Crippen MR) is 179 cm³/mol. The van der Waals surface area contributed by atoms with Gasteiger partial charge in [-0.2, -0.15) is 0 Å². The highest BCUT2D eigenvalue weighted by atomic mass is 127. The Hall–Kier alpha value is -4.40. The Morgan fingerprint density at radius 2 is 1.98 bits per heavy atom. The molecule has 0 radical (unpaired) electrons. The van der Waals surface area contributed by atoms with Crippen molar-refractivity contribution in [1.82, 2.24) is 20.2 Å². The third-order valence-corrected chi connectivity index (χ3v) is 10.6. The van der Waals surface area contributed by atoms with Crippen LogP contribution in [0.1, 0.15) is 72.3 Å². The molecule has 3 unspecified atom stereocenters. The number of fused-ring (bicyclic) bond motifs is 2. The summed E-state index contributed by atoms with van der Waals surface area (Å²) in [5, 5.41) is 24.5. The molecule has 7 N–H and O–H groups in total. The van der Waals surface area contributed by atoms with Gasteiger partial charge in [0.2, 0.25) is 11.7 Å². The molecule has 3 aromatic rings. The number of aromatic amines is 2. The molecule has 2 fully saturated rings. The Morgan fingerprint density at radius 3 is 2.59 bits per heavy atom. The Labute approximate surface area is 278 Å². The number of phenolic OH excluding ortho intramolecular Hbond substituents is 1. The van der Waals surface area contributed by atoms with Crippen LogP contribution in [-0.2, 0) is 18.4 Å². The van der Waals surface area contributed by atoms with E-state index in [1.54, 1.807) is 43.9 Å². The number of aliphatic hydroxyl groups excluding tert-OH is 1. The average Bonchev–Trinajstić information content (AvgIpc) is 3.69. The normalized spacial score (nSPS) is 22.4. The summed E-state index contributed by atoms with van der Waals surface area (Å²) in [4.78, 5) is 49.3. The number of likely N-dealkylation sites (tertiary alicyclic amines) is 1. The highest BCUT2D eigenvalue weighted by Crippen LogP contribution is 2.62. The third-order valence-electron chi connectivity index (χ3n) is 9.56. The number of ether oxygens (including phenoxy) is 2. The van der Waals surface area contributed by atoms with Crippen molar-refractivity contribution in [3.63, 3.8) is 0 Å². The number of nitrogens with one attached hydrogen (secondary N) is 3. The highest BCUT2D eigenvalue weighted by molar-refractivity contribution is 14.1. The molecule has 12 nitrogen and oxygen atoms in total. The fourth-order valence-electron chi connectivity index (χ4n) is 6.97. The maximum atomic E-state index is 13.9. The van der Waals surface area contributed by atoms with Gasteiger partial charge in [-0.3, -0.25) is 14.4 Å². The summed E-state index contributed by atoms with van der Waals surface area (Å²) in [6, 6.07) is 6.74. The monoisotopic (exact) mass is 741 g/mol. The van der Waals surface area contributed by atoms with Gasteiger partial charge in [0, 0.05) is 46.4 Å². The summed E-state index contributed by atoms with van der Waals surface area (Å²) in [6.07, 6.45) is 3.49. The van der Waals surface area contributed by atoms with Gasteiger partial charge in [0.1, 0.15) is 9.12 Å². The molecule has 3 aliphatic rings. The zero-order chi connectivity index (χ0) is 33.3. The minimum absolute atomic E-state index is 0.0283. The van der Waals surface area contributed by atoms with Gasteiger partial charge in [-0.15, -0.1) is 0 Å². The lowest BCUT2D eigenvalue weighted by Crippen LogP contribution is -2.45. The molecule has 1 spiro atoms. The molecule has 2 aliphatic carbocycles. The molecule has 3 atom stereocenters. The molecule has 2 aromatic heterocycles. The number of benzene rings is 1. The Kier molecular flexibility index (Phi) is 7.65. The molecular weight excluding hydrogens is 705 g/mol. The van der Waals surface area contributed by atoms with Crippen molar-refractivity contribution in [2.24, 2.45) is 11.7 Å². The van der Waals surface area contributed by atoms with Gasteiger partial charge in [0.15, 0.2) is 23.0 Å². The van der Waals surface area contributed by atoms with Gasteiger partial charge < -0.3 is 45.6 Å². The van der Waals surface area contributed by atoms with Crippen molar-refractivity contribution >= 4 is 51.1 Å². The fraction of sp³-hybridized carbons (Fsp3) is 0.364. The minimum atomic E-state index is -1.16. The van der Waals surface area contributed by atoms with Crippen LogP contribution in [0.2, 0.25) is 0 Å². The van der Waals surface area contributed by atoms with Crippen LogP contribution < -0.4 is 15.8 Å². The maximum Gasteiger partial charge on any atom is 0.274 e. The summed E-state index contributed by atoms with van der Waals surface area (Å²) in [6.45, 7) is 5.55. The van der Waals surface area contributed by atoms with Crippen molar-refractivity contribution in [1.29, 1.82) is 0 Å². The van der Waals surface area contributed by atoms with E-state index in [9.17, 15) is 24.6 Å². The lowest BCUT2D eigenvalue weighted by atomic mass is 9.55. The molecule has 1 aliphatic heterocycles. The van der Waals surface area contributed by atoms with Crippen molar-refractivity contribution in [2.75, 3.05) is 20.8 Å². The number of methoxy groups -OCH3 is 2. The topological polar surface area (TPSA) is 183 Å². The number of nitrogens with two attached hydrogens (primary N) is 1. The van der Waals surface area contributed by atoms with Crippen LogP contribution >= 0.6 is 22.6 Å². The van der Waals surface area contributed by atoms with Gasteiger partial charge >= 0.3 is 0 Å². The lowest BCUT2D eigenvalue weighted by Gasteiger charge is -2.46. The van der Waals surface area contributed by atoms with Gasteiger partial charge in [-0.25, -0.2) is 0 Å². The van der Waals surface area contributed by atoms with E-state index in [2.05, 4.69) is 15.3 Å². The molecule has 1 saturated heterocycles. The van der Waals surface area contributed by atoms with Crippen LogP contribution in [0, 0.1) is 5.92 Å². The molecule has 1 saturated carbocycles. The van der Waals surface area contributed by atoms with Crippen LogP contribution in [0.25, 0.3) is 10.9 Å². The number of hydrogen-bond donors (Lipinski definition) is 6. The van der Waals surface area contributed by atoms with E-state index in [4.69, 9.17) is 15.2 Å². The zero-order valence-electron chi connectivity index (χ0n) is 26.1. The zero-order valence-corrected chi connectivity index (χ0v) is 28.3. The third kappa shape index (κ3) is 4.57. The van der Waals surface area contributed by atoms with E-state index in [0.717, 1.165) is 18.4 Å². The van der Waals surface area contributed by atoms with Crippen LogP contribution in [0.3, 0.4) is 0 Å². The number of aliphatic hydroxyl groups is 1. The average molecular weight is 742 g/mol. The fourth-order valence-corrected chi connectivity index (χ4v) is 7.39. The molecule has 2 amide bonds. The molecule has 6 rings (SSSR count). The number of amides is 2. The predicted octanol–water partition coefficient (Wildman–Crippen LogP) is 4.88. The second-order valence-corrected chi connectivity index (χ2v) is 14.3. The van der Waals surface area contributed by atoms with Crippen molar-refractivity contribution in [2.45, 2.75) is 48.9 Å². The molecule has 13 heteroatoms. The number of H-pyrrole nitrogens is 2. The number of nitrogens with zero attached hydrogens (tertiary/aromatic N) is 1. The van der Waals surface area contributed by atoms with Crippen LogP contribution in [0.5, 0.6) is 11.5 Å². The lowest BCUT2D eigenvalue weighted by molar-refractivity contribution is -0.122. The van der Waals surface area contributed by atoms with Crippen LogP contribution in [-0.4, -0.2) is 63.4 Å². The van der Waals surface area contributed by atoms with Gasteiger partial charge in [0.05, 0.1) is 31.3 Å². The number of phenols is 1. The smallest absolute Gasteiger partial charge is 0.274 e. The molecule has 1 aromatic carbocycles. The molecule has 3 heterocycles. The number of hydrogen-bond acceptors (Lipinski definition) is 8. The van der Waals surface area contributed by atoms with E-state index < -0.39 is 14.7 Å². The quantitative estimate of drug-likeness (QED) is 0.0818. The van der Waals surface area contributed by atoms with E-state index in [-0.39, 0.29) is 46.3 Å². The molecule has 242 valence electrons. The number of halogens is 1. The van der Waals surface area contributed by atoms with E-state index >= 15 is 0 Å². The van der Waals surface area contributed by atoms with Crippen LogP contribution in [0.15, 0.2) is 59.0 Å². The summed E-state index contributed by atoms with van der Waals surface area (Å²) in [5.74, 6) is -0.758. The number of ketones is 1. The standard InChI is InChI=1S/C33H36IN5O7/c1-6-19(28(42)29(46-5)15(2)35)37-31(44)32(3,34)25-11-18-27(38-25)23(41)13-26-33(18)8-7-17(33)14-39(26)30(43)21-9-16-10-22(40)24(45-4)12-20(16)36-21/h9-13,17,36,38,40,42H,6-8,14,35H2,1-5H3,(H,37,44)/b28-19-,29-15-. The summed E-state index contributed by atoms with van der Waals surface area (Å²) < 4.78 is 9.27. The molecule has 0 bridgehead atoms. The second-order valence-electron chi connectivity index (χ2n) is 12.1. The molecular formula is C33H36IN5O7. The summed E-state index contributed by atoms with van der Waals surface area (Å²) in [7, 11) is 2.84. The maximum absolute atomic E-state index is 13.9. The largest absolute Gasteiger partial charge is 0.504 e. The first-order valence-electron chi connectivity index (χ1n) is 14.9. The highest BCUT2D eigenvalue weighted by Gasteiger charge is 2.62. The summed E-state index contributed by atoms with van der Waals surface area (Å²) in [5.41, 5.74) is 9.20. The van der Waals surface area contributed by atoms with Gasteiger partial charge in [-0.05, 0) is 62.8 Å². The van der Waals surface area contributed by atoms with E-state index in [1.165, 1.54) is 20.3 Å². The second kappa shape index (κ2) is 11.1. The minimum Gasteiger partial charge on any atom is -0.504 e. The van der Waals surface area contributed by atoms with E-state index in [1.807, 2.05) is 28.7 Å².